The average molecular weight is 244 g/mol. The van der Waals surface area contributed by atoms with Gasteiger partial charge in [0.1, 0.15) is 0 Å². The molecule has 1 fully saturated rings. The SMILES string of the molecule is CCC1CSC(c2csc([N+](=O)[O-])c2)N1. The lowest BCUT2D eigenvalue weighted by Crippen LogP contribution is -2.24. The molecule has 1 aromatic rings. The highest BCUT2D eigenvalue weighted by molar-refractivity contribution is 7.99. The van der Waals surface area contributed by atoms with Crippen LogP contribution in [0, 0.1) is 10.1 Å². The predicted molar refractivity (Wildman–Crippen MR) is 63.4 cm³/mol. The maximum absolute atomic E-state index is 10.5. The zero-order valence-electron chi connectivity index (χ0n) is 8.30. The van der Waals surface area contributed by atoms with E-state index in [4.69, 9.17) is 0 Å². The molecule has 0 saturated carbocycles. The zero-order valence-corrected chi connectivity index (χ0v) is 9.94. The minimum absolute atomic E-state index is 0.229. The van der Waals surface area contributed by atoms with E-state index in [1.54, 1.807) is 6.07 Å². The summed E-state index contributed by atoms with van der Waals surface area (Å²) in [5.41, 5.74) is 1.03. The van der Waals surface area contributed by atoms with Crippen LogP contribution in [-0.4, -0.2) is 16.7 Å². The molecule has 1 aliphatic rings. The summed E-state index contributed by atoms with van der Waals surface area (Å²) in [6, 6.07) is 2.21. The summed E-state index contributed by atoms with van der Waals surface area (Å²) in [4.78, 5) is 10.2. The first-order valence-electron chi connectivity index (χ1n) is 4.81. The Hall–Kier alpha value is -0.590. The topological polar surface area (TPSA) is 55.2 Å². The summed E-state index contributed by atoms with van der Waals surface area (Å²) in [5, 5.41) is 16.3. The van der Waals surface area contributed by atoms with Gasteiger partial charge < -0.3 is 0 Å². The fraction of sp³-hybridized carbons (Fsp3) is 0.556. The zero-order chi connectivity index (χ0) is 10.8. The molecule has 2 unspecified atom stereocenters. The molecule has 0 amide bonds. The van der Waals surface area contributed by atoms with Crippen molar-refractivity contribution in [3.05, 3.63) is 27.1 Å². The maximum Gasteiger partial charge on any atom is 0.324 e. The van der Waals surface area contributed by atoms with Crippen molar-refractivity contribution < 1.29 is 4.92 Å². The number of thioether (sulfide) groups is 1. The second-order valence-electron chi connectivity index (χ2n) is 3.46. The van der Waals surface area contributed by atoms with Gasteiger partial charge in [0.2, 0.25) is 0 Å². The van der Waals surface area contributed by atoms with Crippen molar-refractivity contribution in [2.24, 2.45) is 0 Å². The number of nitro groups is 1. The Labute approximate surface area is 96.2 Å². The summed E-state index contributed by atoms with van der Waals surface area (Å²) in [6.45, 7) is 2.15. The summed E-state index contributed by atoms with van der Waals surface area (Å²) >= 11 is 3.03. The van der Waals surface area contributed by atoms with E-state index in [-0.39, 0.29) is 15.3 Å². The quantitative estimate of drug-likeness (QED) is 0.656. The first-order valence-corrected chi connectivity index (χ1v) is 6.74. The minimum atomic E-state index is -0.328. The van der Waals surface area contributed by atoms with Crippen molar-refractivity contribution in [1.29, 1.82) is 0 Å². The number of nitrogens with one attached hydrogen (secondary N) is 1. The lowest BCUT2D eigenvalue weighted by Gasteiger charge is -2.09. The van der Waals surface area contributed by atoms with Gasteiger partial charge in [0.05, 0.1) is 10.3 Å². The molecule has 6 heteroatoms. The van der Waals surface area contributed by atoms with Crippen LogP contribution in [0.4, 0.5) is 5.00 Å². The van der Waals surface area contributed by atoms with Crippen LogP contribution < -0.4 is 5.32 Å². The van der Waals surface area contributed by atoms with Crippen molar-refractivity contribution in [3.63, 3.8) is 0 Å². The largest absolute Gasteiger partial charge is 0.324 e. The summed E-state index contributed by atoms with van der Waals surface area (Å²) < 4.78 is 0. The van der Waals surface area contributed by atoms with Crippen LogP contribution in [0.1, 0.15) is 24.3 Å². The van der Waals surface area contributed by atoms with Gasteiger partial charge in [0.15, 0.2) is 0 Å². The summed E-state index contributed by atoms with van der Waals surface area (Å²) in [5.74, 6) is 1.09. The third kappa shape index (κ3) is 2.32. The molecule has 2 rings (SSSR count). The van der Waals surface area contributed by atoms with Crippen molar-refractivity contribution >= 4 is 28.1 Å². The smallest absolute Gasteiger partial charge is 0.298 e. The van der Waals surface area contributed by atoms with E-state index in [9.17, 15) is 10.1 Å². The highest BCUT2D eigenvalue weighted by Gasteiger charge is 2.26. The molecule has 0 aliphatic carbocycles. The molecule has 82 valence electrons. The number of hydrogen-bond donors (Lipinski definition) is 1. The molecule has 1 saturated heterocycles. The fourth-order valence-corrected chi connectivity index (χ4v) is 3.73. The summed E-state index contributed by atoms with van der Waals surface area (Å²) in [6.07, 6.45) is 1.11. The first-order chi connectivity index (χ1) is 7.20. The second kappa shape index (κ2) is 4.51. The Morgan fingerprint density at radius 1 is 1.73 bits per heavy atom. The van der Waals surface area contributed by atoms with E-state index in [1.807, 2.05) is 17.1 Å². The molecule has 15 heavy (non-hydrogen) atoms. The number of nitrogens with zero attached hydrogens (tertiary/aromatic N) is 1. The van der Waals surface area contributed by atoms with E-state index >= 15 is 0 Å². The maximum atomic E-state index is 10.5. The molecule has 0 spiro atoms. The van der Waals surface area contributed by atoms with Gasteiger partial charge in [-0.2, -0.15) is 0 Å². The number of rotatable bonds is 3. The van der Waals surface area contributed by atoms with E-state index in [2.05, 4.69) is 12.2 Å². The van der Waals surface area contributed by atoms with Crippen LogP contribution in [0.2, 0.25) is 0 Å². The van der Waals surface area contributed by atoms with Crippen LogP contribution in [-0.2, 0) is 0 Å². The highest BCUT2D eigenvalue weighted by Crippen LogP contribution is 2.37. The van der Waals surface area contributed by atoms with Crippen LogP contribution in [0.15, 0.2) is 11.4 Å². The molecule has 2 atom stereocenters. The van der Waals surface area contributed by atoms with Gasteiger partial charge in [-0.25, -0.2) is 0 Å². The van der Waals surface area contributed by atoms with Gasteiger partial charge in [-0.3, -0.25) is 15.4 Å². The fourth-order valence-electron chi connectivity index (χ4n) is 1.52. The van der Waals surface area contributed by atoms with Crippen molar-refractivity contribution in [3.8, 4) is 0 Å². The van der Waals surface area contributed by atoms with Crippen LogP contribution in [0.5, 0.6) is 0 Å². The molecule has 0 radical (unpaired) electrons. The van der Waals surface area contributed by atoms with Crippen molar-refractivity contribution in [2.75, 3.05) is 5.75 Å². The number of hydrogen-bond acceptors (Lipinski definition) is 5. The Kier molecular flexibility index (Phi) is 3.28. The molecule has 4 nitrogen and oxygen atoms in total. The van der Waals surface area contributed by atoms with E-state index < -0.39 is 0 Å². The Bertz CT molecular complexity index is 367. The van der Waals surface area contributed by atoms with Crippen LogP contribution >= 0.6 is 23.1 Å². The van der Waals surface area contributed by atoms with E-state index in [0.29, 0.717) is 6.04 Å². The third-order valence-electron chi connectivity index (χ3n) is 2.43. The van der Waals surface area contributed by atoms with E-state index in [0.717, 1.165) is 17.7 Å². The molecule has 0 bridgehead atoms. The van der Waals surface area contributed by atoms with E-state index in [1.165, 1.54) is 11.3 Å². The molecule has 2 heterocycles. The Morgan fingerprint density at radius 2 is 2.53 bits per heavy atom. The standard InChI is InChI=1S/C9H12N2O2S2/c1-2-7-5-15-9(10-7)6-3-8(11(12)13)14-4-6/h3-4,7,9-10H,2,5H2,1H3. The molecule has 1 N–H and O–H groups in total. The predicted octanol–water partition coefficient (Wildman–Crippen LogP) is 2.77. The monoisotopic (exact) mass is 244 g/mol. The molecular formula is C9H12N2O2S2. The van der Waals surface area contributed by atoms with Crippen molar-refractivity contribution in [1.82, 2.24) is 5.32 Å². The minimum Gasteiger partial charge on any atom is -0.298 e. The lowest BCUT2D eigenvalue weighted by molar-refractivity contribution is -0.380. The molecule has 1 aromatic heterocycles. The molecule has 1 aliphatic heterocycles. The van der Waals surface area contributed by atoms with Gasteiger partial charge >= 0.3 is 5.00 Å². The second-order valence-corrected chi connectivity index (χ2v) is 5.49. The van der Waals surface area contributed by atoms with Gasteiger partial charge in [-0.05, 0) is 12.0 Å². The Morgan fingerprint density at radius 3 is 3.07 bits per heavy atom. The van der Waals surface area contributed by atoms with Gasteiger partial charge in [-0.15, -0.1) is 11.8 Å². The molecule has 0 aromatic carbocycles. The van der Waals surface area contributed by atoms with Crippen molar-refractivity contribution in [2.45, 2.75) is 24.8 Å². The number of thiophene rings is 1. The van der Waals surface area contributed by atoms with Gasteiger partial charge in [0, 0.05) is 23.2 Å². The lowest BCUT2D eigenvalue weighted by atomic mass is 10.2. The highest BCUT2D eigenvalue weighted by atomic mass is 32.2. The van der Waals surface area contributed by atoms with Crippen LogP contribution in [0.25, 0.3) is 0 Å². The average Bonchev–Trinajstić information content (AvgIpc) is 2.86. The summed E-state index contributed by atoms with van der Waals surface area (Å²) in [7, 11) is 0. The third-order valence-corrected chi connectivity index (χ3v) is 4.67. The molecular weight excluding hydrogens is 232 g/mol. The van der Waals surface area contributed by atoms with Crippen LogP contribution in [0.3, 0.4) is 0 Å². The Balaban J connectivity index is 2.07. The first kappa shape index (κ1) is 10.9. The normalized spacial score (nSPS) is 25.7. The van der Waals surface area contributed by atoms with Gasteiger partial charge in [-0.1, -0.05) is 18.3 Å². The van der Waals surface area contributed by atoms with Gasteiger partial charge in [0.25, 0.3) is 0 Å².